The molecule has 11 N–H and O–H groups in total. The minimum atomic E-state index is -0.402. The minimum Gasteiger partial charge on any atom is -0.471 e. The molecule has 96 heavy (non-hydrogen) atoms. The number of anilines is 5. The molecule has 4 aliphatic rings. The Hall–Kier alpha value is -10.9. The number of nitrogens with one attached hydrogen (secondary N) is 11. The number of H-pyrrole nitrogens is 6. The Balaban J connectivity index is 0.000000108. The summed E-state index contributed by atoms with van der Waals surface area (Å²) in [4.78, 5) is 56.1. The minimum absolute atomic E-state index is 0.0150. The average Bonchev–Trinajstić information content (AvgIpc) is 2.16. The second-order valence-corrected chi connectivity index (χ2v) is 25.4. The van der Waals surface area contributed by atoms with Gasteiger partial charge in [-0.15, -0.1) is 23.1 Å². The maximum Gasteiger partial charge on any atom is 0.417 e. The Morgan fingerprint density at radius 2 is 0.979 bits per heavy atom. The first-order valence-corrected chi connectivity index (χ1v) is 34.1. The van der Waals surface area contributed by atoms with Crippen LogP contribution in [0.5, 0.6) is 5.75 Å². The van der Waals surface area contributed by atoms with Crippen LogP contribution < -0.4 is 52.3 Å². The lowest BCUT2D eigenvalue weighted by molar-refractivity contribution is 0.372. The fraction of sp³-hybridized carbons (Fsp3) is 0.0704. The van der Waals surface area contributed by atoms with Gasteiger partial charge in [-0.25, -0.2) is 14.7 Å². The Morgan fingerprint density at radius 3 is 1.62 bits per heavy atom. The van der Waals surface area contributed by atoms with Crippen LogP contribution in [0.25, 0.3) is 64.4 Å². The summed E-state index contributed by atoms with van der Waals surface area (Å²) in [6.07, 6.45) is 1.19. The fourth-order valence-electron chi connectivity index (χ4n) is 9.52. The average molecular weight is 1390 g/mol. The van der Waals surface area contributed by atoms with Crippen LogP contribution in [-0.4, -0.2) is 55.3 Å². The molecule has 0 aliphatic carbocycles. The molecule has 25 heteroatoms. The molecule has 0 fully saturated rings. The van der Waals surface area contributed by atoms with E-state index in [0.717, 1.165) is 94.8 Å². The van der Waals surface area contributed by atoms with Crippen LogP contribution in [0.2, 0.25) is 0 Å². The predicted octanol–water partition coefficient (Wildman–Crippen LogP) is 17.6. The summed E-state index contributed by atoms with van der Waals surface area (Å²) in [5.41, 5.74) is 14.1. The highest BCUT2D eigenvalue weighted by atomic mass is 32.2. The lowest BCUT2D eigenvalue weighted by atomic mass is 10.2. The van der Waals surface area contributed by atoms with Gasteiger partial charge in [0.05, 0.1) is 82.9 Å². The Bertz CT molecular complexity index is 4670. The second-order valence-electron chi connectivity index (χ2n) is 20.5. The largest absolute Gasteiger partial charge is 0.471 e. The van der Waals surface area contributed by atoms with Gasteiger partial charge in [0.25, 0.3) is 9.58 Å². The molecule has 0 atom stereocenters. The van der Waals surface area contributed by atoms with E-state index in [1.54, 1.807) is 41.7 Å². The summed E-state index contributed by atoms with van der Waals surface area (Å²) >= 11 is 15.6. The van der Waals surface area contributed by atoms with Gasteiger partial charge >= 0.3 is 16.3 Å². The molecule has 0 spiro atoms. The van der Waals surface area contributed by atoms with E-state index >= 15 is 0 Å². The molecule has 16 aromatic rings. The first-order chi connectivity index (χ1) is 47.1. The second kappa shape index (κ2) is 33.8. The van der Waals surface area contributed by atoms with Crippen LogP contribution in [0.1, 0.15) is 5.56 Å². The summed E-state index contributed by atoms with van der Waals surface area (Å²) in [5, 5.41) is 19.9. The number of para-hydroxylation sites is 14. The zero-order valence-corrected chi connectivity index (χ0v) is 55.7. The van der Waals surface area contributed by atoms with Gasteiger partial charge in [-0.05, 0) is 163 Å². The number of oxazole rings is 2. The lowest BCUT2D eigenvalue weighted by Crippen LogP contribution is -1.98. The first-order valence-electron chi connectivity index (χ1n) is 29.8. The zero-order valence-electron chi connectivity index (χ0n) is 50.8. The molecule has 10 aromatic carbocycles. The van der Waals surface area contributed by atoms with Gasteiger partial charge in [0.1, 0.15) is 5.75 Å². The number of aromatic amines is 6. The third kappa shape index (κ3) is 18.7. The highest BCUT2D eigenvalue weighted by Gasteiger charge is 2.10. The third-order valence-electron chi connectivity index (χ3n) is 14.1. The summed E-state index contributed by atoms with van der Waals surface area (Å²) in [5.74, 6) is 1.58. The number of thiazole rings is 2. The van der Waals surface area contributed by atoms with E-state index in [4.69, 9.17) is 38.0 Å². The monoisotopic (exact) mass is 1390 g/mol. The molecule has 0 saturated carbocycles. The van der Waals surface area contributed by atoms with Crippen molar-refractivity contribution < 1.29 is 18.1 Å². The number of thioether (sulfide) groups is 1. The van der Waals surface area contributed by atoms with Crippen molar-refractivity contribution in [2.75, 3.05) is 52.4 Å². The summed E-state index contributed by atoms with van der Waals surface area (Å²) in [6, 6.07) is 78.2. The quantitative estimate of drug-likeness (QED) is 0.0630. The zero-order chi connectivity index (χ0) is 66.3. The Morgan fingerprint density at radius 1 is 0.427 bits per heavy atom. The van der Waals surface area contributed by atoms with E-state index in [1.807, 2.05) is 157 Å². The highest BCUT2D eigenvalue weighted by Crippen LogP contribution is 2.33. The molecule has 4 aliphatic heterocycles. The number of benzene rings is 10. The summed E-state index contributed by atoms with van der Waals surface area (Å²) in [7, 11) is 0. The Labute approximate surface area is 573 Å². The molecule has 19 nitrogen and oxygen atoms in total. The van der Waals surface area contributed by atoms with Crippen molar-refractivity contribution >= 4 is 163 Å². The molecule has 10 heterocycles. The lowest BCUT2D eigenvalue weighted by Gasteiger charge is -1.94. The molecule has 20 rings (SSSR count). The number of rotatable bonds is 0. The van der Waals surface area contributed by atoms with Crippen molar-refractivity contribution in [2.45, 2.75) is 11.3 Å². The smallest absolute Gasteiger partial charge is 0.417 e. The number of hydrogen-bond acceptors (Lipinski definition) is 19. The molecule has 0 radical (unpaired) electrons. The van der Waals surface area contributed by atoms with Crippen LogP contribution in [0.4, 0.5) is 28.4 Å². The van der Waals surface area contributed by atoms with Crippen LogP contribution in [-0.2, 0) is 6.42 Å². The van der Waals surface area contributed by atoms with E-state index in [2.05, 4.69) is 127 Å². The molecule has 0 amide bonds. The maximum absolute atomic E-state index is 11.0. The van der Waals surface area contributed by atoms with E-state index in [0.29, 0.717) is 22.5 Å². The van der Waals surface area contributed by atoms with Crippen molar-refractivity contribution in [2.24, 2.45) is 0 Å². The molecule has 0 unspecified atom stereocenters. The number of ether oxygens (including phenoxy) is 1. The fourth-order valence-corrected chi connectivity index (χ4v) is 13.1. The van der Waals surface area contributed by atoms with Crippen molar-refractivity contribution in [1.82, 2.24) is 29.5 Å². The normalized spacial score (nSPS) is 11.8. The van der Waals surface area contributed by atoms with E-state index in [1.165, 1.54) is 55.7 Å². The molecular weight excluding hydrogens is 1330 g/mol. The van der Waals surface area contributed by atoms with Crippen molar-refractivity contribution in [3.63, 3.8) is 0 Å². The van der Waals surface area contributed by atoms with Crippen molar-refractivity contribution in [1.29, 1.82) is 0 Å². The predicted molar refractivity (Wildman–Crippen MR) is 401 cm³/mol. The topological polar surface area (TPSA) is 272 Å². The standard InChI is InChI=1S/C8H9N.C7H8N2.2C7H5NO2.3C7H5NOS.C7H7NO.C7H5NS2.C7H7NS/c1-2-4-8-7(3-1)5-6-9-8;1-2-4-7-6(3-1)8-5-9-7;9-7-8-5-3-1-2-4-6(5)10-7;9-7-5-3-1-2-4-6(5)8-10-7;9-7-8-5-3-1-2-4-6(5)10-7;10-7-8-5-3-1-2-4-6(5)9-7;9-7-5-3-1-2-4-6(5)8-10-7;1-2-4-7-6(3-1)8-5-9-7;9-7-8-5-3-1-2-4-6(5)10-7;1-2-4-7-6(3-1)8-5-9-7/h1-4,9H,5-6H2;1-4,8-9H,5H2;1-4H,(H,8,9);1-4,8H;1-4H,(H,8,9);1-4H,(H,8,10);1-4,8H;1-4,8H,5H2;1-4H,(H,8,9);1-4,8H,5H2. The van der Waals surface area contributed by atoms with Gasteiger partial charge in [0, 0.05) is 22.8 Å². The van der Waals surface area contributed by atoms with E-state index < -0.39 is 5.76 Å². The maximum atomic E-state index is 11.0. The van der Waals surface area contributed by atoms with Crippen LogP contribution >= 0.6 is 70.4 Å². The number of aromatic nitrogens is 6. The van der Waals surface area contributed by atoms with Crippen LogP contribution in [0, 0.1) is 8.79 Å². The highest BCUT2D eigenvalue weighted by molar-refractivity contribution is 7.99. The van der Waals surface area contributed by atoms with Gasteiger partial charge < -0.3 is 64.0 Å². The SMILES string of the molecule is O=c1[nH]c2ccccc2o1.O=c1[nH]c2ccccc2s1.O=c1o[nH]c2ccccc12.O=c1s[nH]c2ccccc12.S=c1[nH]c2ccccc2o1.S=c1[nH]c2ccccc2s1.c1ccc2c(c1)CCN2.c1ccc2c(c1)NCN2.c1ccc2c(c1)NCO2.c1ccc2c(c1)NCS2. The molecule has 0 bridgehead atoms. The van der Waals surface area contributed by atoms with Crippen molar-refractivity contribution in [3.8, 4) is 5.75 Å². The summed E-state index contributed by atoms with van der Waals surface area (Å²) in [6.45, 7) is 2.58. The van der Waals surface area contributed by atoms with Gasteiger partial charge in [-0.2, -0.15) is 0 Å². The molecule has 6 aromatic heterocycles. The molecular formula is C71H61N11O8S6. The number of hydrogen-bond donors (Lipinski definition) is 11. The third-order valence-corrected chi connectivity index (χ3v) is 18.0. The first kappa shape index (κ1) is 66.5. The van der Waals surface area contributed by atoms with E-state index in [-0.39, 0.29) is 15.2 Å². The van der Waals surface area contributed by atoms with Gasteiger partial charge in [0.15, 0.2) is 21.9 Å². The summed E-state index contributed by atoms with van der Waals surface area (Å²) < 4.78 is 25.7. The van der Waals surface area contributed by atoms with E-state index in [9.17, 15) is 19.2 Å². The Kier molecular flexibility index (Phi) is 23.4. The van der Waals surface area contributed by atoms with Crippen LogP contribution in [0.3, 0.4) is 0 Å². The van der Waals surface area contributed by atoms with Crippen LogP contribution in [0.15, 0.2) is 280 Å². The molecule has 0 saturated heterocycles. The van der Waals surface area contributed by atoms with Gasteiger partial charge in [0.2, 0.25) is 0 Å². The van der Waals surface area contributed by atoms with Gasteiger partial charge in [-0.1, -0.05) is 139 Å². The number of fused-ring (bicyclic) bond motifs is 10. The van der Waals surface area contributed by atoms with Crippen molar-refractivity contribution in [3.05, 3.63) is 297 Å². The van der Waals surface area contributed by atoms with Gasteiger partial charge in [-0.3, -0.25) is 14.6 Å². The molecule has 484 valence electrons.